The molecule has 2 aliphatic carbocycles. The number of hydrogen-bond donors (Lipinski definition) is 0. The molecule has 1 saturated carbocycles. The predicted molar refractivity (Wildman–Crippen MR) is 142 cm³/mol. The molecule has 2 atom stereocenters. The number of anilines is 1. The molecule has 1 fully saturated rings. The number of aryl methyl sites for hydroxylation is 2. The lowest BCUT2D eigenvalue weighted by molar-refractivity contribution is -0.542. The van der Waals surface area contributed by atoms with Gasteiger partial charge in [-0.1, -0.05) is 78.9 Å². The van der Waals surface area contributed by atoms with Crippen LogP contribution in [0.25, 0.3) is 11.1 Å². The highest BCUT2D eigenvalue weighted by atomic mass is 16.3. The van der Waals surface area contributed by atoms with Crippen LogP contribution in [0.3, 0.4) is 0 Å². The molecule has 7 rings (SSSR count). The van der Waals surface area contributed by atoms with Crippen LogP contribution in [0.2, 0.25) is 0 Å². The molecule has 0 bridgehead atoms. The highest BCUT2D eigenvalue weighted by Crippen LogP contribution is 2.46. The zero-order valence-electron chi connectivity index (χ0n) is 20.5. The van der Waals surface area contributed by atoms with Crippen molar-refractivity contribution in [2.45, 2.75) is 50.2 Å². The molecule has 0 spiro atoms. The Bertz CT molecular complexity index is 1330. The van der Waals surface area contributed by atoms with Gasteiger partial charge in [-0.05, 0) is 88.5 Å². The van der Waals surface area contributed by atoms with Crippen LogP contribution in [-0.2, 0) is 19.3 Å². The van der Waals surface area contributed by atoms with Crippen molar-refractivity contribution in [3.05, 3.63) is 112 Å². The molecule has 0 saturated heterocycles. The third kappa shape index (κ3) is 3.56. The van der Waals surface area contributed by atoms with E-state index in [4.69, 9.17) is 0 Å². The summed E-state index contributed by atoms with van der Waals surface area (Å²) in [7, 11) is 0. The van der Waals surface area contributed by atoms with Gasteiger partial charge in [-0.3, -0.25) is 0 Å². The summed E-state index contributed by atoms with van der Waals surface area (Å²) in [4.78, 5) is 2.51. The largest absolute Gasteiger partial charge is 0.851 e. The van der Waals surface area contributed by atoms with Crippen LogP contribution in [0.5, 0.6) is 0 Å². The van der Waals surface area contributed by atoms with Crippen molar-refractivity contribution >= 4 is 16.8 Å². The van der Waals surface area contributed by atoms with Gasteiger partial charge >= 0.3 is 0 Å². The first kappa shape index (κ1) is 22.1. The lowest BCUT2D eigenvalue weighted by Gasteiger charge is -2.61. The van der Waals surface area contributed by atoms with Gasteiger partial charge in [-0.15, -0.1) is 12.2 Å². The molecular weight excluding hydrogens is 442 g/mol. The maximum absolute atomic E-state index is 13.6. The minimum Gasteiger partial charge on any atom is -0.851 e. The van der Waals surface area contributed by atoms with Crippen LogP contribution in [0.4, 0.5) is 5.69 Å². The normalized spacial score (nSPS) is 27.7. The van der Waals surface area contributed by atoms with Gasteiger partial charge in [0.05, 0.1) is 0 Å². The van der Waals surface area contributed by atoms with E-state index in [9.17, 15) is 10.2 Å². The van der Waals surface area contributed by atoms with Crippen LogP contribution >= 0.6 is 0 Å². The topological polar surface area (TPSA) is 49.4 Å². The molecule has 2 heterocycles. The SMILES string of the molecule is [O-]C1C(/C=C2\C=C(c3ccccc3)Cc3ccccc32)C([O-])C1c1cc2c3c(c1)CCCN3CCC2. The highest BCUT2D eigenvalue weighted by molar-refractivity contribution is 5.90. The van der Waals surface area contributed by atoms with Crippen molar-refractivity contribution in [2.24, 2.45) is 5.92 Å². The lowest BCUT2D eigenvalue weighted by Crippen LogP contribution is -2.64. The molecule has 4 aliphatic rings. The molecule has 0 aromatic heterocycles. The van der Waals surface area contributed by atoms with Crippen molar-refractivity contribution < 1.29 is 10.2 Å². The van der Waals surface area contributed by atoms with Crippen LogP contribution < -0.4 is 15.1 Å². The average Bonchev–Trinajstić information content (AvgIpc) is 2.92. The van der Waals surface area contributed by atoms with E-state index in [1.807, 2.05) is 18.2 Å². The zero-order valence-corrected chi connectivity index (χ0v) is 20.5. The maximum Gasteiger partial charge on any atom is 0.0431 e. The van der Waals surface area contributed by atoms with E-state index in [2.05, 4.69) is 65.6 Å². The van der Waals surface area contributed by atoms with E-state index in [0.717, 1.165) is 61.9 Å². The molecule has 3 aromatic rings. The second-order valence-electron chi connectivity index (χ2n) is 10.9. The summed E-state index contributed by atoms with van der Waals surface area (Å²) in [5, 5.41) is 27.1. The van der Waals surface area contributed by atoms with Gasteiger partial charge in [0.2, 0.25) is 0 Å². The maximum atomic E-state index is 13.6. The summed E-state index contributed by atoms with van der Waals surface area (Å²) in [6.07, 6.45) is 7.71. The third-order valence-corrected chi connectivity index (χ3v) is 8.76. The molecule has 36 heavy (non-hydrogen) atoms. The van der Waals surface area contributed by atoms with Crippen LogP contribution in [0.15, 0.2) is 78.9 Å². The van der Waals surface area contributed by atoms with Gasteiger partial charge in [0.25, 0.3) is 0 Å². The molecule has 2 unspecified atom stereocenters. The Labute approximate surface area is 213 Å². The first-order valence-corrected chi connectivity index (χ1v) is 13.5. The molecule has 3 heteroatoms. The molecule has 3 aromatic carbocycles. The number of allylic oxidation sites excluding steroid dienone is 3. The Morgan fingerprint density at radius 1 is 0.778 bits per heavy atom. The minimum atomic E-state index is -0.892. The summed E-state index contributed by atoms with van der Waals surface area (Å²) in [5.74, 6) is -0.935. The van der Waals surface area contributed by atoms with E-state index in [1.54, 1.807) is 0 Å². The van der Waals surface area contributed by atoms with Crippen molar-refractivity contribution in [1.82, 2.24) is 0 Å². The summed E-state index contributed by atoms with van der Waals surface area (Å²) >= 11 is 0. The number of fused-ring (bicyclic) bond motifs is 1. The summed E-state index contributed by atoms with van der Waals surface area (Å²) < 4.78 is 0. The Morgan fingerprint density at radius 3 is 2.17 bits per heavy atom. The zero-order chi connectivity index (χ0) is 24.2. The van der Waals surface area contributed by atoms with Gasteiger partial charge in [0, 0.05) is 18.8 Å². The smallest absolute Gasteiger partial charge is 0.0431 e. The average molecular weight is 474 g/mol. The summed E-state index contributed by atoms with van der Waals surface area (Å²) in [6, 6.07) is 23.2. The Kier molecular flexibility index (Phi) is 5.37. The molecular formula is C33H31NO2-2. The molecule has 0 N–H and O–H groups in total. The van der Waals surface area contributed by atoms with E-state index in [-0.39, 0.29) is 0 Å². The predicted octanol–water partition coefficient (Wildman–Crippen LogP) is 4.28. The van der Waals surface area contributed by atoms with Gasteiger partial charge in [0.15, 0.2) is 0 Å². The molecule has 0 radical (unpaired) electrons. The standard InChI is InChI=1S/C33H31NO2/c35-32-29(20-26-19-25(21-8-2-1-3-9-21)16-22-10-4-5-13-28(22)26)33(36)30(32)27-17-23-11-6-14-34-15-7-12-24(18-27)31(23)34/h1-5,8-10,13,17-20,29-30,32-33H,6-7,11-12,14-16H2/q-2/b26-20+. The number of hydrogen-bond acceptors (Lipinski definition) is 3. The Morgan fingerprint density at radius 2 is 1.44 bits per heavy atom. The van der Waals surface area contributed by atoms with Crippen LogP contribution in [0, 0.1) is 5.92 Å². The van der Waals surface area contributed by atoms with E-state index in [1.165, 1.54) is 33.5 Å². The Balaban J connectivity index is 1.22. The molecule has 182 valence electrons. The van der Waals surface area contributed by atoms with Crippen molar-refractivity contribution in [3.63, 3.8) is 0 Å². The summed E-state index contributed by atoms with van der Waals surface area (Å²) in [5.41, 5.74) is 11.0. The van der Waals surface area contributed by atoms with Crippen molar-refractivity contribution in [1.29, 1.82) is 0 Å². The van der Waals surface area contributed by atoms with E-state index in [0.29, 0.717) is 0 Å². The number of benzene rings is 3. The van der Waals surface area contributed by atoms with E-state index >= 15 is 0 Å². The Hall–Kier alpha value is -3.14. The van der Waals surface area contributed by atoms with Crippen LogP contribution in [0.1, 0.15) is 52.1 Å². The molecule has 3 nitrogen and oxygen atoms in total. The third-order valence-electron chi connectivity index (χ3n) is 8.76. The summed E-state index contributed by atoms with van der Waals surface area (Å²) in [6.45, 7) is 2.26. The number of rotatable bonds is 3. The monoisotopic (exact) mass is 473 g/mol. The fourth-order valence-corrected chi connectivity index (χ4v) is 6.96. The second kappa shape index (κ2) is 8.76. The minimum absolute atomic E-state index is 0.442. The van der Waals surface area contributed by atoms with Gasteiger partial charge in [0.1, 0.15) is 0 Å². The quantitative estimate of drug-likeness (QED) is 0.571. The molecule has 2 aliphatic heterocycles. The van der Waals surface area contributed by atoms with Gasteiger partial charge < -0.3 is 15.1 Å². The van der Waals surface area contributed by atoms with Gasteiger partial charge in [-0.2, -0.15) is 0 Å². The first-order valence-electron chi connectivity index (χ1n) is 13.5. The van der Waals surface area contributed by atoms with Gasteiger partial charge in [-0.25, -0.2) is 0 Å². The fourth-order valence-electron chi connectivity index (χ4n) is 6.96. The fraction of sp³-hybridized carbons (Fsp3) is 0.333. The highest BCUT2D eigenvalue weighted by Gasteiger charge is 2.38. The number of nitrogens with zero attached hydrogens (tertiary/aromatic N) is 1. The van der Waals surface area contributed by atoms with Crippen molar-refractivity contribution in [3.8, 4) is 0 Å². The lowest BCUT2D eigenvalue weighted by atomic mass is 9.64. The van der Waals surface area contributed by atoms with Crippen molar-refractivity contribution in [2.75, 3.05) is 18.0 Å². The van der Waals surface area contributed by atoms with E-state index < -0.39 is 24.0 Å². The molecule has 0 amide bonds. The second-order valence-corrected chi connectivity index (χ2v) is 10.9. The first-order chi connectivity index (χ1) is 17.7. The van der Waals surface area contributed by atoms with Crippen LogP contribution in [-0.4, -0.2) is 25.3 Å².